The third-order valence-electron chi connectivity index (χ3n) is 4.25. The molecule has 0 aromatic heterocycles. The van der Waals surface area contributed by atoms with Gasteiger partial charge in [0, 0.05) is 33.4 Å². The fourth-order valence-corrected chi connectivity index (χ4v) is 3.30. The van der Waals surface area contributed by atoms with Crippen LogP contribution >= 0.6 is 0 Å². The maximum atomic E-state index is 12.6. The molecule has 0 aromatic rings. The van der Waals surface area contributed by atoms with Crippen molar-refractivity contribution in [2.45, 2.75) is 57.3 Å². The molecule has 0 spiro atoms. The van der Waals surface area contributed by atoms with Crippen molar-refractivity contribution >= 4 is 6.09 Å². The normalized spacial score (nSPS) is 30.2. The van der Waals surface area contributed by atoms with E-state index in [0.29, 0.717) is 19.7 Å². The molecule has 0 bridgehead atoms. The zero-order valence-corrected chi connectivity index (χ0v) is 14.3. The van der Waals surface area contributed by atoms with Crippen molar-refractivity contribution in [2.75, 3.05) is 40.0 Å². The molecule has 0 aliphatic carbocycles. The van der Waals surface area contributed by atoms with Crippen molar-refractivity contribution in [1.29, 1.82) is 0 Å². The lowest BCUT2D eigenvalue weighted by Crippen LogP contribution is -2.66. The van der Waals surface area contributed by atoms with Crippen LogP contribution in [0.3, 0.4) is 0 Å². The average molecular weight is 314 g/mol. The quantitative estimate of drug-likeness (QED) is 0.860. The molecule has 2 rings (SSSR count). The zero-order valence-electron chi connectivity index (χ0n) is 14.3. The highest BCUT2D eigenvalue weighted by Gasteiger charge is 2.47. The minimum Gasteiger partial charge on any atom is -0.444 e. The number of nitrogens with zero attached hydrogens (tertiary/aromatic N) is 1. The second-order valence-electron chi connectivity index (χ2n) is 7.20. The second-order valence-corrected chi connectivity index (χ2v) is 7.20. The molecule has 6 nitrogen and oxygen atoms in total. The Balaban J connectivity index is 2.18. The Kier molecular flexibility index (Phi) is 5.69. The summed E-state index contributed by atoms with van der Waals surface area (Å²) < 4.78 is 17.2. The molecule has 0 aromatic carbocycles. The van der Waals surface area contributed by atoms with Crippen molar-refractivity contribution < 1.29 is 19.0 Å². The van der Waals surface area contributed by atoms with Crippen molar-refractivity contribution in [3.63, 3.8) is 0 Å². The molecule has 1 N–H and O–H groups in total. The van der Waals surface area contributed by atoms with Gasteiger partial charge in [-0.15, -0.1) is 0 Å². The predicted molar refractivity (Wildman–Crippen MR) is 84.0 cm³/mol. The number of carbonyl (C=O) groups is 1. The van der Waals surface area contributed by atoms with Crippen molar-refractivity contribution in [2.24, 2.45) is 0 Å². The standard InChI is InChI=1S/C16H30N2O4/c1-15(2,3)22-14(19)18-9-8-17-11-13(18)16(12-20-4)7-5-6-10-21-16/h13,17H,5-12H2,1-4H3. The lowest BCUT2D eigenvalue weighted by Gasteiger charge is -2.49. The first kappa shape index (κ1) is 17.5. The van der Waals surface area contributed by atoms with Gasteiger partial charge in [0.05, 0.1) is 12.6 Å². The largest absolute Gasteiger partial charge is 0.444 e. The van der Waals surface area contributed by atoms with Gasteiger partial charge in [0.15, 0.2) is 0 Å². The summed E-state index contributed by atoms with van der Waals surface area (Å²) in [6.07, 6.45) is 2.82. The van der Waals surface area contributed by atoms with Gasteiger partial charge in [-0.3, -0.25) is 4.90 Å². The molecule has 2 unspecified atom stereocenters. The number of carbonyl (C=O) groups excluding carboxylic acids is 1. The van der Waals surface area contributed by atoms with Crippen LogP contribution in [0.25, 0.3) is 0 Å². The van der Waals surface area contributed by atoms with E-state index in [-0.39, 0.29) is 12.1 Å². The number of hydrogen-bond acceptors (Lipinski definition) is 5. The van der Waals surface area contributed by atoms with Gasteiger partial charge in [-0.2, -0.15) is 0 Å². The highest BCUT2D eigenvalue weighted by atomic mass is 16.6. The van der Waals surface area contributed by atoms with Crippen LogP contribution in [0.4, 0.5) is 4.79 Å². The molecule has 2 heterocycles. The molecule has 128 valence electrons. The Bertz CT molecular complexity index is 369. The summed E-state index contributed by atoms with van der Waals surface area (Å²) in [5.74, 6) is 0. The number of rotatable bonds is 3. The van der Waals surface area contributed by atoms with E-state index < -0.39 is 11.2 Å². The van der Waals surface area contributed by atoms with Gasteiger partial charge in [-0.05, 0) is 40.0 Å². The van der Waals surface area contributed by atoms with Gasteiger partial charge < -0.3 is 19.5 Å². The molecule has 0 radical (unpaired) electrons. The first-order valence-corrected chi connectivity index (χ1v) is 8.21. The molecule has 22 heavy (non-hydrogen) atoms. The number of methoxy groups -OCH3 is 1. The molecule has 2 atom stereocenters. The molecular weight excluding hydrogens is 284 g/mol. The monoisotopic (exact) mass is 314 g/mol. The van der Waals surface area contributed by atoms with Crippen LogP contribution in [0.15, 0.2) is 0 Å². The number of ether oxygens (including phenoxy) is 3. The number of piperazine rings is 1. The van der Waals surface area contributed by atoms with E-state index in [0.717, 1.165) is 32.4 Å². The average Bonchev–Trinajstić information content (AvgIpc) is 2.47. The Morgan fingerprint density at radius 1 is 1.41 bits per heavy atom. The van der Waals surface area contributed by atoms with Gasteiger partial charge in [0.1, 0.15) is 11.2 Å². The van der Waals surface area contributed by atoms with Crippen LogP contribution in [-0.2, 0) is 14.2 Å². The molecule has 2 aliphatic rings. The molecule has 1 amide bonds. The van der Waals surface area contributed by atoms with E-state index in [2.05, 4.69) is 5.32 Å². The molecule has 2 aliphatic heterocycles. The summed E-state index contributed by atoms with van der Waals surface area (Å²) in [7, 11) is 1.69. The van der Waals surface area contributed by atoms with Crippen molar-refractivity contribution in [1.82, 2.24) is 10.2 Å². The van der Waals surface area contributed by atoms with Gasteiger partial charge in [-0.25, -0.2) is 4.79 Å². The first-order valence-electron chi connectivity index (χ1n) is 8.21. The summed E-state index contributed by atoms with van der Waals surface area (Å²) in [6.45, 7) is 9.02. The number of hydrogen-bond donors (Lipinski definition) is 1. The van der Waals surface area contributed by atoms with E-state index in [1.54, 1.807) is 7.11 Å². The van der Waals surface area contributed by atoms with E-state index in [1.165, 1.54) is 0 Å². The zero-order chi connectivity index (χ0) is 16.2. The van der Waals surface area contributed by atoms with E-state index >= 15 is 0 Å². The van der Waals surface area contributed by atoms with Crippen LogP contribution in [0.1, 0.15) is 40.0 Å². The minimum atomic E-state index is -0.492. The fraction of sp³-hybridized carbons (Fsp3) is 0.938. The third-order valence-corrected chi connectivity index (χ3v) is 4.25. The van der Waals surface area contributed by atoms with E-state index in [9.17, 15) is 4.79 Å². The lowest BCUT2D eigenvalue weighted by atomic mass is 9.85. The third kappa shape index (κ3) is 4.12. The Labute approximate surface area is 133 Å². The summed E-state index contributed by atoms with van der Waals surface area (Å²) in [4.78, 5) is 14.4. The SMILES string of the molecule is COCC1(C2CNCCN2C(=O)OC(C)(C)C)CCCCO1. The number of nitrogens with one attached hydrogen (secondary N) is 1. The van der Waals surface area contributed by atoms with Crippen LogP contribution in [-0.4, -0.2) is 68.2 Å². The molecule has 6 heteroatoms. The van der Waals surface area contributed by atoms with Gasteiger partial charge in [-0.1, -0.05) is 0 Å². The maximum Gasteiger partial charge on any atom is 0.410 e. The lowest BCUT2D eigenvalue weighted by molar-refractivity contribution is -0.158. The summed E-state index contributed by atoms with van der Waals surface area (Å²) in [5.41, 5.74) is -0.925. The first-order chi connectivity index (χ1) is 10.4. The highest BCUT2D eigenvalue weighted by molar-refractivity contribution is 5.69. The Morgan fingerprint density at radius 3 is 2.77 bits per heavy atom. The van der Waals surface area contributed by atoms with Crippen molar-refractivity contribution in [3.05, 3.63) is 0 Å². The van der Waals surface area contributed by atoms with Gasteiger partial charge in [0.2, 0.25) is 0 Å². The topological polar surface area (TPSA) is 60.0 Å². The summed E-state index contributed by atoms with van der Waals surface area (Å²) in [5, 5.41) is 3.38. The Morgan fingerprint density at radius 2 is 2.18 bits per heavy atom. The maximum absolute atomic E-state index is 12.6. The smallest absolute Gasteiger partial charge is 0.410 e. The second kappa shape index (κ2) is 7.15. The summed E-state index contributed by atoms with van der Waals surface area (Å²) >= 11 is 0. The van der Waals surface area contributed by atoms with Crippen LogP contribution in [0.2, 0.25) is 0 Å². The molecule has 2 saturated heterocycles. The van der Waals surface area contributed by atoms with E-state index in [4.69, 9.17) is 14.2 Å². The summed E-state index contributed by atoms with van der Waals surface area (Å²) in [6, 6.07) is -0.0589. The van der Waals surface area contributed by atoms with Gasteiger partial charge >= 0.3 is 6.09 Å². The molecular formula is C16H30N2O4. The predicted octanol–water partition coefficient (Wildman–Crippen LogP) is 1.78. The van der Waals surface area contributed by atoms with E-state index in [1.807, 2.05) is 25.7 Å². The van der Waals surface area contributed by atoms with Crippen molar-refractivity contribution in [3.8, 4) is 0 Å². The number of amides is 1. The van der Waals surface area contributed by atoms with Crippen LogP contribution in [0, 0.1) is 0 Å². The molecule has 0 saturated carbocycles. The van der Waals surface area contributed by atoms with Crippen LogP contribution < -0.4 is 5.32 Å². The van der Waals surface area contributed by atoms with Gasteiger partial charge in [0.25, 0.3) is 0 Å². The Hall–Kier alpha value is -0.850. The highest BCUT2D eigenvalue weighted by Crippen LogP contribution is 2.33. The fourth-order valence-electron chi connectivity index (χ4n) is 3.30. The van der Waals surface area contributed by atoms with Crippen LogP contribution in [0.5, 0.6) is 0 Å². The minimum absolute atomic E-state index is 0.0589. The molecule has 2 fully saturated rings.